The van der Waals surface area contributed by atoms with E-state index in [2.05, 4.69) is 48.5 Å². The van der Waals surface area contributed by atoms with Gasteiger partial charge in [-0.25, -0.2) is 0 Å². The van der Waals surface area contributed by atoms with Crippen molar-refractivity contribution in [3.63, 3.8) is 0 Å². The van der Waals surface area contributed by atoms with E-state index in [1.165, 1.54) is 9.75 Å². The molecule has 0 amide bonds. The monoisotopic (exact) mass is 374 g/mol. The third-order valence-corrected chi connectivity index (χ3v) is 5.03. The van der Waals surface area contributed by atoms with Gasteiger partial charge >= 0.3 is 0 Å². The van der Waals surface area contributed by atoms with Gasteiger partial charge in [0.1, 0.15) is 0 Å². The number of unbranched alkanes of at least 4 members (excludes halogenated alkanes) is 1. The van der Waals surface area contributed by atoms with Crippen LogP contribution >= 0.6 is 11.3 Å². The van der Waals surface area contributed by atoms with E-state index in [1.807, 2.05) is 23.6 Å². The Morgan fingerprint density at radius 2 is 2.12 bits per heavy atom. The van der Waals surface area contributed by atoms with E-state index in [4.69, 9.17) is 0 Å². The fourth-order valence-corrected chi connectivity index (χ4v) is 3.75. The Morgan fingerprint density at radius 3 is 2.81 bits per heavy atom. The van der Waals surface area contributed by atoms with Crippen molar-refractivity contribution in [3.8, 4) is 0 Å². The predicted molar refractivity (Wildman–Crippen MR) is 111 cm³/mol. The average Bonchev–Trinajstić information content (AvgIpc) is 3.01. The van der Waals surface area contributed by atoms with E-state index in [0.29, 0.717) is 6.04 Å². The summed E-state index contributed by atoms with van der Waals surface area (Å²) in [5, 5.41) is 6.79. The van der Waals surface area contributed by atoms with E-state index in [1.54, 1.807) is 16.7 Å². The molecule has 0 fully saturated rings. The molecule has 0 aliphatic rings. The molecule has 0 bridgehead atoms. The highest BCUT2D eigenvalue weighted by molar-refractivity contribution is 7.11. The van der Waals surface area contributed by atoms with Crippen molar-refractivity contribution in [2.24, 2.45) is 4.99 Å². The van der Waals surface area contributed by atoms with Crippen LogP contribution in [0, 0.1) is 6.92 Å². The van der Waals surface area contributed by atoms with E-state index < -0.39 is 0 Å². The van der Waals surface area contributed by atoms with Crippen molar-refractivity contribution in [1.82, 2.24) is 15.2 Å². The number of nitrogens with one attached hydrogen (secondary N) is 2. The second-order valence-electron chi connectivity index (χ2n) is 6.46. The number of guanidine groups is 1. The quantitative estimate of drug-likeness (QED) is 0.403. The fourth-order valence-electron chi connectivity index (χ4n) is 2.73. The minimum Gasteiger partial charge on any atom is -0.357 e. The van der Waals surface area contributed by atoms with Crippen LogP contribution in [-0.2, 0) is 13.0 Å². The fraction of sp³-hybridized carbons (Fsp3) is 0.500. The van der Waals surface area contributed by atoms with Gasteiger partial charge in [0.05, 0.1) is 0 Å². The Balaban J connectivity index is 1.76. The Morgan fingerprint density at radius 1 is 1.27 bits per heavy atom. The zero-order valence-corrected chi connectivity index (χ0v) is 16.8. The number of aryl methyl sites for hydroxylation is 2. The average molecular weight is 375 g/mol. The van der Waals surface area contributed by atoms with Crippen molar-refractivity contribution in [3.05, 3.63) is 56.6 Å². The highest BCUT2D eigenvalue weighted by Gasteiger charge is 2.07. The topological polar surface area (TPSA) is 58.4 Å². The van der Waals surface area contributed by atoms with Gasteiger partial charge in [-0.1, -0.05) is 6.07 Å². The molecule has 2 aromatic heterocycles. The first-order chi connectivity index (χ1) is 12.6. The lowest BCUT2D eigenvalue weighted by molar-refractivity contribution is 0.595. The number of thiophene rings is 1. The number of hydrogen-bond donors (Lipinski definition) is 2. The van der Waals surface area contributed by atoms with Crippen molar-refractivity contribution >= 4 is 17.3 Å². The summed E-state index contributed by atoms with van der Waals surface area (Å²) in [4.78, 5) is 19.1. The summed E-state index contributed by atoms with van der Waals surface area (Å²) in [5.74, 6) is 0.866. The zero-order chi connectivity index (χ0) is 18.8. The Kier molecular flexibility index (Phi) is 8.41. The first-order valence-corrected chi connectivity index (χ1v) is 10.2. The zero-order valence-electron chi connectivity index (χ0n) is 16.0. The molecule has 1 unspecified atom stereocenters. The first-order valence-electron chi connectivity index (χ1n) is 9.34. The Hall–Kier alpha value is -2.08. The van der Waals surface area contributed by atoms with Crippen LogP contribution in [0.2, 0.25) is 0 Å². The summed E-state index contributed by atoms with van der Waals surface area (Å²) in [6, 6.07) is 9.97. The number of hydrogen-bond acceptors (Lipinski definition) is 3. The van der Waals surface area contributed by atoms with Crippen LogP contribution in [0.3, 0.4) is 0 Å². The van der Waals surface area contributed by atoms with Crippen LogP contribution in [0.25, 0.3) is 0 Å². The lowest BCUT2D eigenvalue weighted by Crippen LogP contribution is -2.43. The van der Waals surface area contributed by atoms with Gasteiger partial charge < -0.3 is 15.2 Å². The first kappa shape index (κ1) is 20.2. The predicted octanol–water partition coefficient (Wildman–Crippen LogP) is 3.18. The second-order valence-corrected chi connectivity index (χ2v) is 7.83. The van der Waals surface area contributed by atoms with E-state index >= 15 is 0 Å². The molecule has 0 aliphatic heterocycles. The summed E-state index contributed by atoms with van der Waals surface area (Å²) in [6.45, 7) is 8.74. The van der Waals surface area contributed by atoms with Crippen molar-refractivity contribution in [1.29, 1.82) is 0 Å². The molecule has 26 heavy (non-hydrogen) atoms. The molecule has 2 aromatic rings. The van der Waals surface area contributed by atoms with Gasteiger partial charge in [-0.15, -0.1) is 11.3 Å². The van der Waals surface area contributed by atoms with Gasteiger partial charge in [-0.05, 0) is 51.8 Å². The third-order valence-electron chi connectivity index (χ3n) is 4.01. The molecule has 2 heterocycles. The lowest BCUT2D eigenvalue weighted by atomic mass is 10.2. The molecule has 142 valence electrons. The summed E-state index contributed by atoms with van der Waals surface area (Å²) in [5.41, 5.74) is 0.0589. The summed E-state index contributed by atoms with van der Waals surface area (Å²) >= 11 is 1.85. The van der Waals surface area contributed by atoms with Gasteiger partial charge in [0.2, 0.25) is 5.56 Å². The standard InChI is InChI=1S/C20H30N4OS/c1-4-21-20(23-16(2)15-18-11-10-17(3)26-18)22-12-6-8-14-24-13-7-5-9-19(24)25/h5,7,9-11,13,16H,4,6,8,12,14-15H2,1-3H3,(H2,21,22,23). The molecule has 0 radical (unpaired) electrons. The van der Waals surface area contributed by atoms with Crippen molar-refractivity contribution in [2.75, 3.05) is 13.1 Å². The molecular formula is C20H30N4OS. The molecule has 2 N–H and O–H groups in total. The van der Waals surface area contributed by atoms with Gasteiger partial charge in [0, 0.05) is 54.1 Å². The molecule has 1 atom stereocenters. The molecule has 0 saturated carbocycles. The molecular weight excluding hydrogens is 344 g/mol. The van der Waals surface area contributed by atoms with Crippen LogP contribution in [0.4, 0.5) is 0 Å². The maximum atomic E-state index is 11.7. The van der Waals surface area contributed by atoms with Gasteiger partial charge in [-0.3, -0.25) is 9.79 Å². The number of pyridine rings is 1. The summed E-state index contributed by atoms with van der Waals surface area (Å²) in [7, 11) is 0. The van der Waals surface area contributed by atoms with E-state index in [9.17, 15) is 4.79 Å². The maximum absolute atomic E-state index is 11.7. The molecule has 0 aromatic carbocycles. The number of aromatic nitrogens is 1. The normalized spacial score (nSPS) is 12.8. The molecule has 2 rings (SSSR count). The molecule has 6 heteroatoms. The van der Waals surface area contributed by atoms with Crippen LogP contribution < -0.4 is 16.2 Å². The molecule has 5 nitrogen and oxygen atoms in total. The van der Waals surface area contributed by atoms with Crippen molar-refractivity contribution < 1.29 is 0 Å². The number of aliphatic imine (C=N–C) groups is 1. The van der Waals surface area contributed by atoms with Crippen LogP contribution in [0.5, 0.6) is 0 Å². The van der Waals surface area contributed by atoms with E-state index in [-0.39, 0.29) is 5.56 Å². The minimum atomic E-state index is 0.0589. The minimum absolute atomic E-state index is 0.0589. The largest absolute Gasteiger partial charge is 0.357 e. The smallest absolute Gasteiger partial charge is 0.250 e. The Bertz CT molecular complexity index is 750. The summed E-state index contributed by atoms with van der Waals surface area (Å²) < 4.78 is 1.75. The third kappa shape index (κ3) is 7.04. The van der Waals surface area contributed by atoms with Crippen LogP contribution in [0.1, 0.15) is 36.4 Å². The summed E-state index contributed by atoms with van der Waals surface area (Å²) in [6.07, 6.45) is 4.73. The van der Waals surface area contributed by atoms with Gasteiger partial charge in [0.25, 0.3) is 0 Å². The van der Waals surface area contributed by atoms with E-state index in [0.717, 1.165) is 44.9 Å². The number of nitrogens with zero attached hydrogens (tertiary/aromatic N) is 2. The van der Waals surface area contributed by atoms with Crippen LogP contribution in [0.15, 0.2) is 46.3 Å². The number of rotatable bonds is 9. The molecule has 0 saturated heterocycles. The molecule has 0 spiro atoms. The van der Waals surface area contributed by atoms with Crippen molar-refractivity contribution in [2.45, 2.75) is 52.6 Å². The highest BCUT2D eigenvalue weighted by Crippen LogP contribution is 2.16. The van der Waals surface area contributed by atoms with Gasteiger partial charge in [0.15, 0.2) is 5.96 Å². The highest BCUT2D eigenvalue weighted by atomic mass is 32.1. The van der Waals surface area contributed by atoms with Gasteiger partial charge in [-0.2, -0.15) is 0 Å². The second kappa shape index (κ2) is 10.8. The Labute approximate surface area is 160 Å². The lowest BCUT2D eigenvalue weighted by Gasteiger charge is -2.17. The SMILES string of the molecule is CCNC(=NCCCCn1ccccc1=O)NC(C)Cc1ccc(C)s1. The van der Waals surface area contributed by atoms with Crippen LogP contribution in [-0.4, -0.2) is 29.7 Å². The maximum Gasteiger partial charge on any atom is 0.250 e. The molecule has 0 aliphatic carbocycles.